The Labute approximate surface area is 216 Å². The third-order valence-corrected chi connectivity index (χ3v) is 5.05. The lowest BCUT2D eigenvalue weighted by Gasteiger charge is -2.18. The Kier molecular flexibility index (Phi) is 9.45. The maximum absolute atomic E-state index is 12.8. The van der Waals surface area contributed by atoms with Gasteiger partial charge in [-0.05, 0) is 45.9 Å². The molecular formula is C27H31N7O3. The predicted molar refractivity (Wildman–Crippen MR) is 146 cm³/mol. The fraction of sp³-hybridized carbons (Fsp3) is 0.222. The number of carbonyl (C=O) groups excluding carboxylic acids is 1. The van der Waals surface area contributed by atoms with Crippen LogP contribution in [0.1, 0.15) is 41.3 Å². The molecule has 10 heteroatoms. The van der Waals surface area contributed by atoms with Crippen molar-refractivity contribution in [3.05, 3.63) is 84.1 Å². The van der Waals surface area contributed by atoms with E-state index in [1.54, 1.807) is 38.5 Å². The van der Waals surface area contributed by atoms with E-state index < -0.39 is 5.91 Å². The molecule has 3 aromatic rings. The zero-order valence-corrected chi connectivity index (χ0v) is 21.6. The van der Waals surface area contributed by atoms with Crippen LogP contribution in [0.15, 0.2) is 66.5 Å². The highest BCUT2D eigenvalue weighted by Gasteiger charge is 2.18. The number of methoxy groups -OCH3 is 1. The van der Waals surface area contributed by atoms with Crippen molar-refractivity contribution in [2.24, 2.45) is 4.99 Å². The molecule has 0 atom stereocenters. The van der Waals surface area contributed by atoms with E-state index in [1.165, 1.54) is 6.20 Å². The Balaban J connectivity index is 2.04. The molecule has 0 fully saturated rings. The summed E-state index contributed by atoms with van der Waals surface area (Å²) in [6, 6.07) is 9.17. The largest absolute Gasteiger partial charge is 0.494 e. The summed E-state index contributed by atoms with van der Waals surface area (Å²) in [5.41, 5.74) is 6.18. The molecule has 0 bridgehead atoms. The van der Waals surface area contributed by atoms with Crippen molar-refractivity contribution < 1.29 is 14.4 Å². The zero-order valence-electron chi connectivity index (χ0n) is 21.6. The molecule has 3 N–H and O–H groups in total. The first kappa shape index (κ1) is 27.0. The Morgan fingerprint density at radius 3 is 2.62 bits per heavy atom. The molecule has 0 saturated carbocycles. The minimum absolute atomic E-state index is 0.279. The Hall–Kier alpha value is -4.57. The lowest BCUT2D eigenvalue weighted by atomic mass is 10.1. The number of anilines is 4. The van der Waals surface area contributed by atoms with E-state index >= 15 is 0 Å². The third-order valence-electron chi connectivity index (χ3n) is 5.05. The summed E-state index contributed by atoms with van der Waals surface area (Å²) in [6.07, 6.45) is 6.52. The highest BCUT2D eigenvalue weighted by atomic mass is 16.6. The molecule has 0 radical (unpaired) electrons. The second kappa shape index (κ2) is 12.9. The standard InChI is InChI=1S/C27H31N7O3/c1-7-9-13-28-18(4)20-11-10-12-22(26(20)36-6)32-23-15-24(29-16-21(23)27(35)34-37-8-2)33-25-14-17(3)30-19(5)31-25/h7,9-16H,1,8H2,2-6H3,(H,34,35)(H2,29,30,31,32,33)/b13-9-,28-18+. The number of carbonyl (C=O) groups is 1. The van der Waals surface area contributed by atoms with E-state index in [1.807, 2.05) is 45.0 Å². The average molecular weight is 502 g/mol. The number of ether oxygens (including phenoxy) is 1. The highest BCUT2D eigenvalue weighted by Crippen LogP contribution is 2.34. The fourth-order valence-corrected chi connectivity index (χ4v) is 3.48. The van der Waals surface area contributed by atoms with Crippen LogP contribution < -0.4 is 20.9 Å². The number of nitrogens with zero attached hydrogens (tertiary/aromatic N) is 4. The lowest BCUT2D eigenvalue weighted by Crippen LogP contribution is -2.24. The molecule has 10 nitrogen and oxygen atoms in total. The molecule has 3 rings (SSSR count). The van der Waals surface area contributed by atoms with E-state index in [0.29, 0.717) is 41.2 Å². The molecule has 0 aliphatic rings. The number of aliphatic imine (C=N–C) groups is 1. The van der Waals surface area contributed by atoms with E-state index in [2.05, 4.69) is 42.6 Å². The normalized spacial score (nSPS) is 11.3. The second-order valence-corrected chi connectivity index (χ2v) is 7.85. The maximum atomic E-state index is 12.8. The summed E-state index contributed by atoms with van der Waals surface area (Å²) in [4.78, 5) is 35.5. The average Bonchev–Trinajstić information content (AvgIpc) is 2.86. The molecule has 0 spiro atoms. The van der Waals surface area contributed by atoms with Crippen molar-refractivity contribution in [1.82, 2.24) is 20.4 Å². The molecule has 2 aromatic heterocycles. The minimum Gasteiger partial charge on any atom is -0.494 e. The van der Waals surface area contributed by atoms with Crippen LogP contribution in [0.5, 0.6) is 5.75 Å². The molecule has 0 aliphatic heterocycles. The van der Waals surface area contributed by atoms with Crippen LogP contribution in [0.2, 0.25) is 0 Å². The molecule has 0 saturated heterocycles. The van der Waals surface area contributed by atoms with Gasteiger partial charge in [0.1, 0.15) is 17.5 Å². The van der Waals surface area contributed by atoms with Crippen molar-refractivity contribution >= 4 is 34.6 Å². The van der Waals surface area contributed by atoms with Gasteiger partial charge in [-0.1, -0.05) is 18.7 Å². The van der Waals surface area contributed by atoms with Crippen LogP contribution in [-0.2, 0) is 4.84 Å². The van der Waals surface area contributed by atoms with Crippen LogP contribution >= 0.6 is 0 Å². The van der Waals surface area contributed by atoms with Gasteiger partial charge in [0.15, 0.2) is 5.75 Å². The number of hydrogen-bond donors (Lipinski definition) is 3. The van der Waals surface area contributed by atoms with E-state index in [4.69, 9.17) is 9.57 Å². The number of pyridine rings is 1. The molecule has 1 amide bonds. The van der Waals surface area contributed by atoms with Gasteiger partial charge in [-0.3, -0.25) is 14.6 Å². The molecule has 192 valence electrons. The molecule has 1 aromatic carbocycles. The van der Waals surface area contributed by atoms with Crippen molar-refractivity contribution in [1.29, 1.82) is 0 Å². The van der Waals surface area contributed by atoms with E-state index in [-0.39, 0.29) is 5.56 Å². The van der Waals surface area contributed by atoms with Gasteiger partial charge in [0, 0.05) is 41.5 Å². The van der Waals surface area contributed by atoms with Gasteiger partial charge < -0.3 is 15.4 Å². The SMILES string of the molecule is C=C/C=C\N=C(/C)c1cccc(Nc2cc(Nc3cc(C)nc(C)n3)ncc2C(=O)NOCC)c1OC. The monoisotopic (exact) mass is 501 g/mol. The first-order chi connectivity index (χ1) is 17.9. The predicted octanol–water partition coefficient (Wildman–Crippen LogP) is 5.17. The van der Waals surface area contributed by atoms with E-state index in [0.717, 1.165) is 17.0 Å². The molecule has 0 aliphatic carbocycles. The van der Waals surface area contributed by atoms with Crippen molar-refractivity contribution in [2.45, 2.75) is 27.7 Å². The van der Waals surface area contributed by atoms with Crippen LogP contribution in [0.4, 0.5) is 23.0 Å². The summed E-state index contributed by atoms with van der Waals surface area (Å²) in [5.74, 6) is 1.83. The van der Waals surface area contributed by atoms with Crippen LogP contribution in [-0.4, -0.2) is 40.3 Å². The number of benzene rings is 1. The van der Waals surface area contributed by atoms with Gasteiger partial charge in [0.25, 0.3) is 5.91 Å². The summed E-state index contributed by atoms with van der Waals surface area (Å²) in [6.45, 7) is 11.3. The van der Waals surface area contributed by atoms with Gasteiger partial charge in [-0.15, -0.1) is 0 Å². The van der Waals surface area contributed by atoms with Gasteiger partial charge in [-0.25, -0.2) is 20.4 Å². The van der Waals surface area contributed by atoms with Crippen molar-refractivity contribution in [3.63, 3.8) is 0 Å². The number of amides is 1. The number of hydrogen-bond acceptors (Lipinski definition) is 9. The smallest absolute Gasteiger partial charge is 0.278 e. The van der Waals surface area contributed by atoms with Gasteiger partial charge in [0.05, 0.1) is 30.7 Å². The Morgan fingerprint density at radius 2 is 1.92 bits per heavy atom. The van der Waals surface area contributed by atoms with Gasteiger partial charge in [-0.2, -0.15) is 0 Å². The summed E-state index contributed by atoms with van der Waals surface area (Å²) < 4.78 is 5.73. The number of aryl methyl sites for hydroxylation is 2. The molecule has 37 heavy (non-hydrogen) atoms. The topological polar surface area (TPSA) is 123 Å². The number of aromatic nitrogens is 3. The maximum Gasteiger partial charge on any atom is 0.278 e. The summed E-state index contributed by atoms with van der Waals surface area (Å²) in [7, 11) is 1.58. The third kappa shape index (κ3) is 7.21. The number of hydroxylamine groups is 1. The van der Waals surface area contributed by atoms with E-state index in [9.17, 15) is 4.79 Å². The second-order valence-electron chi connectivity index (χ2n) is 7.85. The first-order valence-electron chi connectivity index (χ1n) is 11.6. The summed E-state index contributed by atoms with van der Waals surface area (Å²) >= 11 is 0. The minimum atomic E-state index is -0.445. The number of nitrogens with one attached hydrogen (secondary N) is 3. The quantitative estimate of drug-likeness (QED) is 0.187. The number of allylic oxidation sites excluding steroid dienone is 2. The lowest BCUT2D eigenvalue weighted by molar-refractivity contribution is 0.0365. The Morgan fingerprint density at radius 1 is 1.11 bits per heavy atom. The van der Waals surface area contributed by atoms with Crippen LogP contribution in [0, 0.1) is 13.8 Å². The van der Waals surface area contributed by atoms with Crippen molar-refractivity contribution in [2.75, 3.05) is 24.4 Å². The zero-order chi connectivity index (χ0) is 26.8. The van der Waals surface area contributed by atoms with Gasteiger partial charge >= 0.3 is 0 Å². The van der Waals surface area contributed by atoms with Crippen molar-refractivity contribution in [3.8, 4) is 5.75 Å². The van der Waals surface area contributed by atoms with Crippen LogP contribution in [0.25, 0.3) is 0 Å². The first-order valence-corrected chi connectivity index (χ1v) is 11.6. The number of para-hydroxylation sites is 1. The Bertz CT molecular complexity index is 1320. The number of rotatable bonds is 11. The van der Waals surface area contributed by atoms with Gasteiger partial charge in [0.2, 0.25) is 0 Å². The molecular weight excluding hydrogens is 470 g/mol. The highest BCUT2D eigenvalue weighted by molar-refractivity contribution is 6.04. The molecule has 0 unspecified atom stereocenters. The molecule has 2 heterocycles. The summed E-state index contributed by atoms with van der Waals surface area (Å²) in [5, 5.41) is 6.49. The fourth-order valence-electron chi connectivity index (χ4n) is 3.48. The van der Waals surface area contributed by atoms with Crippen LogP contribution in [0.3, 0.4) is 0 Å².